The number of amides is 1. The van der Waals surface area contributed by atoms with E-state index in [0.29, 0.717) is 34.2 Å². The Bertz CT molecular complexity index is 1060. The van der Waals surface area contributed by atoms with Crippen molar-refractivity contribution in [3.05, 3.63) is 73.9 Å². The summed E-state index contributed by atoms with van der Waals surface area (Å²) in [4.78, 5) is 35.8. The first-order valence-corrected chi connectivity index (χ1v) is 9.37. The molecule has 2 N–H and O–H groups in total. The van der Waals surface area contributed by atoms with E-state index < -0.39 is 11.6 Å². The molecule has 0 bridgehead atoms. The van der Waals surface area contributed by atoms with Gasteiger partial charge in [-0.15, -0.1) is 11.3 Å². The first-order chi connectivity index (χ1) is 13.3. The molecule has 0 aliphatic rings. The lowest BCUT2D eigenvalue weighted by Gasteiger charge is -2.05. The minimum Gasteiger partial charge on any atom is -0.311 e. The highest BCUT2D eigenvalue weighted by atomic mass is 32.1. The van der Waals surface area contributed by atoms with Crippen LogP contribution in [0, 0.1) is 25.5 Å². The second-order valence-corrected chi connectivity index (χ2v) is 7.46. The van der Waals surface area contributed by atoms with Crippen LogP contribution >= 0.6 is 11.3 Å². The molecular weight excluding hydrogens is 386 g/mol. The molecule has 28 heavy (non-hydrogen) atoms. The van der Waals surface area contributed by atoms with E-state index in [9.17, 15) is 18.4 Å². The third kappa shape index (κ3) is 5.07. The summed E-state index contributed by atoms with van der Waals surface area (Å²) in [5.74, 6) is -1.02. The highest BCUT2D eigenvalue weighted by Gasteiger charge is 2.12. The number of aromatic amines is 1. The molecule has 3 rings (SSSR count). The number of nitrogens with zero attached hydrogens (tertiary/aromatic N) is 2. The summed E-state index contributed by atoms with van der Waals surface area (Å²) >= 11 is 1.23. The van der Waals surface area contributed by atoms with Gasteiger partial charge in [-0.05, 0) is 38.0 Å². The summed E-state index contributed by atoms with van der Waals surface area (Å²) in [7, 11) is 0. The van der Waals surface area contributed by atoms with E-state index in [4.69, 9.17) is 0 Å². The number of hydrogen-bond acceptors (Lipinski definition) is 5. The molecule has 0 atom stereocenters. The summed E-state index contributed by atoms with van der Waals surface area (Å²) in [5, 5.41) is 3.07. The van der Waals surface area contributed by atoms with Gasteiger partial charge in [0.1, 0.15) is 17.5 Å². The third-order valence-electron chi connectivity index (χ3n) is 4.04. The van der Waals surface area contributed by atoms with Crippen LogP contribution in [0.1, 0.15) is 33.9 Å². The van der Waals surface area contributed by atoms with E-state index in [1.807, 2.05) is 0 Å². The molecule has 2 heterocycles. The van der Waals surface area contributed by atoms with Crippen molar-refractivity contribution in [2.45, 2.75) is 33.1 Å². The van der Waals surface area contributed by atoms with Crippen molar-refractivity contribution in [2.75, 3.05) is 5.32 Å². The van der Waals surface area contributed by atoms with Gasteiger partial charge in [0.15, 0.2) is 5.13 Å². The Labute approximate surface area is 163 Å². The highest BCUT2D eigenvalue weighted by molar-refractivity contribution is 7.15. The van der Waals surface area contributed by atoms with Crippen molar-refractivity contribution in [3.63, 3.8) is 0 Å². The van der Waals surface area contributed by atoms with Crippen LogP contribution in [0.4, 0.5) is 13.9 Å². The Morgan fingerprint density at radius 2 is 1.93 bits per heavy atom. The lowest BCUT2D eigenvalue weighted by molar-refractivity contribution is -0.116. The van der Waals surface area contributed by atoms with E-state index in [1.54, 1.807) is 20.0 Å². The molecule has 6 nitrogen and oxygen atoms in total. The predicted molar refractivity (Wildman–Crippen MR) is 103 cm³/mol. The SMILES string of the molecule is Cc1nc(C)c(CCC(=O)Nc2ncc(Cc3cc(F)cc(F)c3)s2)c(=O)[nH]1. The Balaban J connectivity index is 1.59. The van der Waals surface area contributed by atoms with E-state index in [0.717, 1.165) is 10.9 Å². The van der Waals surface area contributed by atoms with E-state index in [-0.39, 0.29) is 24.3 Å². The monoisotopic (exact) mass is 404 g/mol. The van der Waals surface area contributed by atoms with Crippen molar-refractivity contribution >= 4 is 22.4 Å². The van der Waals surface area contributed by atoms with Crippen LogP contribution in [-0.2, 0) is 17.6 Å². The average molecular weight is 404 g/mol. The molecular formula is C19H18F2N4O2S. The fourth-order valence-electron chi connectivity index (χ4n) is 2.83. The van der Waals surface area contributed by atoms with Gasteiger partial charge in [-0.2, -0.15) is 0 Å². The molecule has 0 aliphatic heterocycles. The van der Waals surface area contributed by atoms with Crippen molar-refractivity contribution in [3.8, 4) is 0 Å². The zero-order chi connectivity index (χ0) is 20.3. The molecule has 0 saturated heterocycles. The Hall–Kier alpha value is -2.94. The van der Waals surface area contributed by atoms with E-state index in [2.05, 4.69) is 20.3 Å². The van der Waals surface area contributed by atoms with Gasteiger partial charge < -0.3 is 10.3 Å². The van der Waals surface area contributed by atoms with Crippen LogP contribution in [0.15, 0.2) is 29.2 Å². The van der Waals surface area contributed by atoms with Crippen LogP contribution in [-0.4, -0.2) is 20.9 Å². The molecule has 1 aromatic carbocycles. The number of rotatable bonds is 6. The van der Waals surface area contributed by atoms with Crippen molar-refractivity contribution in [1.82, 2.24) is 15.0 Å². The maximum Gasteiger partial charge on any atom is 0.254 e. The zero-order valence-electron chi connectivity index (χ0n) is 15.3. The molecule has 0 unspecified atom stereocenters. The maximum atomic E-state index is 13.3. The summed E-state index contributed by atoms with van der Waals surface area (Å²) in [6.45, 7) is 3.43. The van der Waals surface area contributed by atoms with Gasteiger partial charge in [-0.25, -0.2) is 18.7 Å². The van der Waals surface area contributed by atoms with Gasteiger partial charge in [0.05, 0.1) is 0 Å². The molecule has 0 aliphatic carbocycles. The number of anilines is 1. The quantitative estimate of drug-likeness (QED) is 0.660. The molecule has 0 radical (unpaired) electrons. The number of aryl methyl sites for hydroxylation is 2. The number of benzene rings is 1. The first-order valence-electron chi connectivity index (χ1n) is 8.56. The van der Waals surface area contributed by atoms with Gasteiger partial charge in [0, 0.05) is 41.2 Å². The van der Waals surface area contributed by atoms with Crippen LogP contribution in [0.3, 0.4) is 0 Å². The number of aromatic nitrogens is 3. The van der Waals surface area contributed by atoms with Gasteiger partial charge in [-0.1, -0.05) is 0 Å². The van der Waals surface area contributed by atoms with E-state index in [1.165, 1.54) is 23.5 Å². The Kier molecular flexibility index (Phi) is 5.93. The van der Waals surface area contributed by atoms with Gasteiger partial charge in [0.25, 0.3) is 5.56 Å². The first kappa shape index (κ1) is 19.8. The smallest absolute Gasteiger partial charge is 0.254 e. The minimum atomic E-state index is -0.635. The molecule has 146 valence electrons. The number of H-pyrrole nitrogens is 1. The highest BCUT2D eigenvalue weighted by Crippen LogP contribution is 2.22. The standard InChI is InChI=1S/C19H18F2N4O2S/c1-10-16(18(27)24-11(2)23-10)3-4-17(26)25-19-22-9-15(28-19)7-12-5-13(20)8-14(21)6-12/h5-6,8-9H,3-4,7H2,1-2H3,(H,22,25,26)(H,23,24,27). The third-order valence-corrected chi connectivity index (χ3v) is 4.96. The normalized spacial score (nSPS) is 10.9. The summed E-state index contributed by atoms with van der Waals surface area (Å²) in [6, 6.07) is 3.34. The summed E-state index contributed by atoms with van der Waals surface area (Å²) in [6.07, 6.45) is 2.24. The number of carbonyl (C=O) groups is 1. The molecule has 0 fully saturated rings. The Morgan fingerprint density at radius 1 is 1.21 bits per heavy atom. The van der Waals surface area contributed by atoms with Gasteiger partial charge in [-0.3, -0.25) is 9.59 Å². The van der Waals surface area contributed by atoms with Crippen LogP contribution in [0.5, 0.6) is 0 Å². The molecule has 9 heteroatoms. The molecule has 0 spiro atoms. The number of thiazole rings is 1. The van der Waals surface area contributed by atoms with Crippen molar-refractivity contribution in [1.29, 1.82) is 0 Å². The average Bonchev–Trinajstić information content (AvgIpc) is 2.99. The number of carbonyl (C=O) groups excluding carboxylic acids is 1. The number of halogens is 2. The topological polar surface area (TPSA) is 87.7 Å². The van der Waals surface area contributed by atoms with Crippen LogP contribution < -0.4 is 10.9 Å². The number of nitrogens with one attached hydrogen (secondary N) is 2. The van der Waals surface area contributed by atoms with Gasteiger partial charge in [0.2, 0.25) is 5.91 Å². The fourth-order valence-corrected chi connectivity index (χ4v) is 3.69. The lowest BCUT2D eigenvalue weighted by Crippen LogP contribution is -2.20. The van der Waals surface area contributed by atoms with Crippen molar-refractivity contribution in [2.24, 2.45) is 0 Å². The van der Waals surface area contributed by atoms with Crippen LogP contribution in [0.25, 0.3) is 0 Å². The minimum absolute atomic E-state index is 0.110. The molecule has 0 saturated carbocycles. The molecule has 3 aromatic rings. The second-order valence-electron chi connectivity index (χ2n) is 6.35. The summed E-state index contributed by atoms with van der Waals surface area (Å²) in [5.41, 5.74) is 1.33. The van der Waals surface area contributed by atoms with Crippen LogP contribution in [0.2, 0.25) is 0 Å². The predicted octanol–water partition coefficient (Wildman–Crippen LogP) is 3.28. The molecule has 2 aromatic heterocycles. The summed E-state index contributed by atoms with van der Waals surface area (Å²) < 4.78 is 26.5. The Morgan fingerprint density at radius 3 is 2.61 bits per heavy atom. The second kappa shape index (κ2) is 8.39. The van der Waals surface area contributed by atoms with E-state index >= 15 is 0 Å². The fraction of sp³-hybridized carbons (Fsp3) is 0.263. The van der Waals surface area contributed by atoms with Crippen molar-refractivity contribution < 1.29 is 13.6 Å². The maximum absolute atomic E-state index is 13.3. The zero-order valence-corrected chi connectivity index (χ0v) is 16.1. The molecule has 1 amide bonds. The largest absolute Gasteiger partial charge is 0.311 e. The number of hydrogen-bond donors (Lipinski definition) is 2. The van der Waals surface area contributed by atoms with Gasteiger partial charge >= 0.3 is 0 Å². The lowest BCUT2D eigenvalue weighted by atomic mass is 10.1.